The number of amides is 1. The maximum Gasteiger partial charge on any atom is 0.327 e. The van der Waals surface area contributed by atoms with Gasteiger partial charge < -0.3 is 10.0 Å². The van der Waals surface area contributed by atoms with E-state index < -0.39 is 23.7 Å². The van der Waals surface area contributed by atoms with Crippen LogP contribution in [-0.4, -0.2) is 44.0 Å². The highest BCUT2D eigenvalue weighted by atomic mass is 32.2. The van der Waals surface area contributed by atoms with Crippen molar-refractivity contribution in [3.05, 3.63) is 29.8 Å². The fourth-order valence-corrected chi connectivity index (χ4v) is 4.04. The van der Waals surface area contributed by atoms with Gasteiger partial charge in [-0.15, -0.1) is 11.8 Å². The molecule has 20 heavy (non-hydrogen) atoms. The highest BCUT2D eigenvalue weighted by molar-refractivity contribution is 8.00. The second kappa shape index (κ2) is 5.05. The Bertz CT molecular complexity index is 564. The Balaban J connectivity index is 1.93. The number of aliphatic carboxylic acids is 1. The van der Waals surface area contributed by atoms with Crippen molar-refractivity contribution in [3.8, 4) is 0 Å². The predicted molar refractivity (Wildman–Crippen MR) is 70.8 cm³/mol. The van der Waals surface area contributed by atoms with Crippen molar-refractivity contribution < 1.29 is 19.1 Å². The first kappa shape index (κ1) is 13.4. The molecule has 1 saturated heterocycles. The number of hydrogen-bond donors (Lipinski definition) is 1. The smallest absolute Gasteiger partial charge is 0.327 e. The van der Waals surface area contributed by atoms with Crippen molar-refractivity contribution >= 4 is 23.6 Å². The van der Waals surface area contributed by atoms with Gasteiger partial charge in [0.15, 0.2) is 5.82 Å². The van der Waals surface area contributed by atoms with Gasteiger partial charge in [0.25, 0.3) is 5.91 Å². The van der Waals surface area contributed by atoms with Crippen LogP contribution in [0, 0.1) is 11.7 Å². The van der Waals surface area contributed by atoms with Crippen molar-refractivity contribution in [3.63, 3.8) is 0 Å². The third-order valence-corrected chi connectivity index (χ3v) is 5.04. The van der Waals surface area contributed by atoms with Crippen LogP contribution >= 0.6 is 11.8 Å². The number of carboxylic acid groups (broad SMARTS) is 1. The first-order chi connectivity index (χ1) is 9.59. The molecule has 1 aromatic heterocycles. The largest absolute Gasteiger partial charge is 0.480 e. The van der Waals surface area contributed by atoms with E-state index in [1.807, 2.05) is 0 Å². The second-order valence-corrected chi connectivity index (χ2v) is 6.13. The van der Waals surface area contributed by atoms with Crippen LogP contribution < -0.4 is 0 Å². The van der Waals surface area contributed by atoms with Gasteiger partial charge in [0, 0.05) is 11.9 Å². The van der Waals surface area contributed by atoms with Crippen LogP contribution in [0.25, 0.3) is 0 Å². The maximum atomic E-state index is 13.7. The van der Waals surface area contributed by atoms with E-state index in [1.165, 1.54) is 28.9 Å². The SMILES string of the molecule is O=C(O)C1CSC(C2CC2)N1C(=O)c1ccncc1F. The van der Waals surface area contributed by atoms with Crippen molar-refractivity contribution in [1.29, 1.82) is 0 Å². The molecule has 1 N–H and O–H groups in total. The first-order valence-electron chi connectivity index (χ1n) is 6.36. The Labute approximate surface area is 119 Å². The van der Waals surface area contributed by atoms with Crippen LogP contribution in [0.15, 0.2) is 18.5 Å². The van der Waals surface area contributed by atoms with E-state index in [9.17, 15) is 19.1 Å². The molecule has 1 aliphatic heterocycles. The summed E-state index contributed by atoms with van der Waals surface area (Å²) in [6.07, 6.45) is 4.29. The molecule has 2 fully saturated rings. The lowest BCUT2D eigenvalue weighted by Gasteiger charge is -2.27. The molecule has 3 rings (SSSR count). The molecule has 1 aromatic rings. The Hall–Kier alpha value is -1.63. The molecule has 0 bridgehead atoms. The average molecular weight is 296 g/mol. The highest BCUT2D eigenvalue weighted by Crippen LogP contribution is 2.45. The third-order valence-electron chi connectivity index (χ3n) is 3.58. The fourth-order valence-electron chi connectivity index (χ4n) is 2.41. The number of pyridine rings is 1. The van der Waals surface area contributed by atoms with E-state index in [0.29, 0.717) is 11.7 Å². The van der Waals surface area contributed by atoms with E-state index >= 15 is 0 Å². The molecular weight excluding hydrogens is 283 g/mol. The van der Waals surface area contributed by atoms with Gasteiger partial charge in [0.2, 0.25) is 0 Å². The molecule has 2 aliphatic rings. The van der Waals surface area contributed by atoms with E-state index in [-0.39, 0.29) is 10.9 Å². The Morgan fingerprint density at radius 2 is 2.20 bits per heavy atom. The fraction of sp³-hybridized carbons (Fsp3) is 0.462. The van der Waals surface area contributed by atoms with Gasteiger partial charge >= 0.3 is 5.97 Å². The minimum absolute atomic E-state index is 0.112. The van der Waals surface area contributed by atoms with Gasteiger partial charge in [0.05, 0.1) is 17.1 Å². The number of rotatable bonds is 3. The minimum Gasteiger partial charge on any atom is -0.480 e. The van der Waals surface area contributed by atoms with Crippen molar-refractivity contribution in [1.82, 2.24) is 9.88 Å². The molecule has 1 amide bonds. The highest BCUT2D eigenvalue weighted by Gasteiger charge is 2.48. The molecule has 2 atom stereocenters. The molecule has 1 saturated carbocycles. The standard InChI is InChI=1S/C13H13FN2O3S/c14-9-5-15-4-3-8(9)11(17)16-10(13(18)19)6-20-12(16)7-1-2-7/h3-5,7,10,12H,1-2,6H2,(H,18,19). The van der Waals surface area contributed by atoms with E-state index in [1.54, 1.807) is 0 Å². The number of carboxylic acids is 1. The molecule has 7 heteroatoms. The lowest BCUT2D eigenvalue weighted by molar-refractivity contribution is -0.141. The zero-order valence-electron chi connectivity index (χ0n) is 10.5. The van der Waals surface area contributed by atoms with Crippen LogP contribution in [0.3, 0.4) is 0 Å². The summed E-state index contributed by atoms with van der Waals surface area (Å²) < 4.78 is 13.7. The molecule has 106 valence electrons. The Morgan fingerprint density at radius 1 is 1.45 bits per heavy atom. The third kappa shape index (κ3) is 2.26. The zero-order valence-corrected chi connectivity index (χ0v) is 11.3. The number of hydrogen-bond acceptors (Lipinski definition) is 4. The van der Waals surface area contributed by atoms with Crippen molar-refractivity contribution in [2.24, 2.45) is 5.92 Å². The van der Waals surface area contributed by atoms with Gasteiger partial charge in [0.1, 0.15) is 6.04 Å². The molecule has 2 unspecified atom stereocenters. The lowest BCUT2D eigenvalue weighted by Crippen LogP contribution is -2.46. The summed E-state index contributed by atoms with van der Waals surface area (Å²) in [4.78, 5) is 28.8. The normalized spacial score (nSPS) is 25.8. The molecule has 0 spiro atoms. The van der Waals surface area contributed by atoms with Gasteiger partial charge in [-0.05, 0) is 24.8 Å². The molecule has 1 aliphatic carbocycles. The molecule has 0 radical (unpaired) electrons. The number of nitrogens with zero attached hydrogens (tertiary/aromatic N) is 2. The van der Waals surface area contributed by atoms with E-state index in [4.69, 9.17) is 0 Å². The number of carbonyl (C=O) groups is 2. The summed E-state index contributed by atoms with van der Waals surface area (Å²) in [7, 11) is 0. The first-order valence-corrected chi connectivity index (χ1v) is 7.41. The monoisotopic (exact) mass is 296 g/mol. The number of thioether (sulfide) groups is 1. The Kier molecular flexibility index (Phi) is 3.37. The molecular formula is C13H13FN2O3S. The number of aromatic nitrogens is 1. The molecule has 5 nitrogen and oxygen atoms in total. The summed E-state index contributed by atoms with van der Waals surface area (Å²) in [6, 6.07) is 0.412. The van der Waals surface area contributed by atoms with Crippen LogP contribution in [0.4, 0.5) is 4.39 Å². The molecule has 0 aromatic carbocycles. The van der Waals surface area contributed by atoms with E-state index in [2.05, 4.69) is 4.98 Å². The van der Waals surface area contributed by atoms with Gasteiger partial charge in [-0.1, -0.05) is 0 Å². The maximum absolute atomic E-state index is 13.7. The van der Waals surface area contributed by atoms with Crippen LogP contribution in [0.2, 0.25) is 0 Å². The summed E-state index contributed by atoms with van der Waals surface area (Å²) in [6.45, 7) is 0. The second-order valence-electron chi connectivity index (χ2n) is 4.98. The van der Waals surface area contributed by atoms with Crippen molar-refractivity contribution in [2.45, 2.75) is 24.3 Å². The van der Waals surface area contributed by atoms with E-state index in [0.717, 1.165) is 19.0 Å². The minimum atomic E-state index is -1.04. The van der Waals surface area contributed by atoms with Crippen LogP contribution in [-0.2, 0) is 4.79 Å². The summed E-state index contributed by atoms with van der Waals surface area (Å²) in [5.41, 5.74) is -0.112. The summed E-state index contributed by atoms with van der Waals surface area (Å²) in [5.74, 6) is -1.62. The van der Waals surface area contributed by atoms with Crippen LogP contribution in [0.1, 0.15) is 23.2 Å². The Morgan fingerprint density at radius 3 is 2.80 bits per heavy atom. The zero-order chi connectivity index (χ0) is 14.3. The lowest BCUT2D eigenvalue weighted by atomic mass is 10.1. The van der Waals surface area contributed by atoms with Gasteiger partial charge in [-0.3, -0.25) is 9.78 Å². The quantitative estimate of drug-likeness (QED) is 0.917. The van der Waals surface area contributed by atoms with Gasteiger partial charge in [-0.2, -0.15) is 0 Å². The number of halogens is 1. The van der Waals surface area contributed by atoms with Gasteiger partial charge in [-0.25, -0.2) is 9.18 Å². The summed E-state index contributed by atoms with van der Waals surface area (Å²) in [5, 5.41) is 9.10. The number of carbonyl (C=O) groups excluding carboxylic acids is 1. The molecule has 2 heterocycles. The average Bonchev–Trinajstić information content (AvgIpc) is 3.17. The van der Waals surface area contributed by atoms with Crippen LogP contribution in [0.5, 0.6) is 0 Å². The van der Waals surface area contributed by atoms with Crippen molar-refractivity contribution in [2.75, 3.05) is 5.75 Å². The topological polar surface area (TPSA) is 70.5 Å². The predicted octanol–water partition coefficient (Wildman–Crippen LogP) is 1.60. The summed E-state index contributed by atoms with van der Waals surface area (Å²) >= 11 is 1.47.